The topological polar surface area (TPSA) is 80.8 Å². The number of hydrogen-bond donors (Lipinski definition) is 1. The van der Waals surface area contributed by atoms with E-state index in [-0.39, 0.29) is 11.6 Å². The molecule has 0 saturated carbocycles. The van der Waals surface area contributed by atoms with E-state index in [0.717, 1.165) is 35.4 Å². The predicted octanol–water partition coefficient (Wildman–Crippen LogP) is 3.08. The van der Waals surface area contributed by atoms with Gasteiger partial charge in [0.05, 0.1) is 41.3 Å². The Morgan fingerprint density at radius 1 is 1.21 bits per heavy atom. The number of nitro benzene ring substituents is 1. The zero-order valence-corrected chi connectivity index (χ0v) is 17.7. The molecule has 1 heterocycles. The van der Waals surface area contributed by atoms with Crippen molar-refractivity contribution in [2.24, 2.45) is 0 Å². The summed E-state index contributed by atoms with van der Waals surface area (Å²) in [6.07, 6.45) is 0. The molecule has 1 aromatic heterocycles. The van der Waals surface area contributed by atoms with Crippen LogP contribution in [0.15, 0.2) is 42.5 Å². The molecule has 0 saturated heterocycles. The van der Waals surface area contributed by atoms with Gasteiger partial charge in [-0.2, -0.15) is 0 Å². The minimum atomic E-state index is -0.484. The largest absolute Gasteiger partial charge is 0.334 e. The van der Waals surface area contributed by atoms with Crippen LogP contribution in [-0.4, -0.2) is 42.0 Å². The molecule has 0 aliphatic rings. The van der Waals surface area contributed by atoms with Crippen LogP contribution < -0.4 is 9.80 Å². The number of nitrogens with zero attached hydrogens (tertiary/aromatic N) is 3. The van der Waals surface area contributed by atoms with Crippen LogP contribution in [0.3, 0.4) is 0 Å². The van der Waals surface area contributed by atoms with E-state index in [9.17, 15) is 14.9 Å². The van der Waals surface area contributed by atoms with Gasteiger partial charge in [0.2, 0.25) is 0 Å². The van der Waals surface area contributed by atoms with E-state index in [2.05, 4.69) is 13.8 Å². The Morgan fingerprint density at radius 2 is 1.93 bits per heavy atom. The first-order valence-corrected chi connectivity index (χ1v) is 10.5. The summed E-state index contributed by atoms with van der Waals surface area (Å²) in [4.78, 5) is 31.7. The Morgan fingerprint density at radius 3 is 2.59 bits per heavy atom. The average molecular weight is 414 g/mol. The van der Waals surface area contributed by atoms with E-state index in [1.165, 1.54) is 28.4 Å². The molecule has 0 atom stereocenters. The standard InChI is InChI=1S/C21H24N4O3S/c1-4-23(5-2)12-13-24(20(26)16-9-7-10-17(14-16)25(27)28)21-22-19-15(3)8-6-11-18(19)29-21/h6-11,14H,4-5,12-13H2,1-3H3/p+1. The maximum absolute atomic E-state index is 13.3. The molecule has 2 aromatic carbocycles. The summed E-state index contributed by atoms with van der Waals surface area (Å²) in [5.74, 6) is -0.267. The Bertz CT molecular complexity index is 1030. The van der Waals surface area contributed by atoms with Crippen LogP contribution in [-0.2, 0) is 0 Å². The lowest BCUT2D eigenvalue weighted by Gasteiger charge is -2.23. The quantitative estimate of drug-likeness (QED) is 0.455. The number of likely N-dealkylation sites (N-methyl/N-ethyl adjacent to an activating group) is 1. The number of aryl methyl sites for hydroxylation is 1. The number of para-hydroxylation sites is 1. The summed E-state index contributed by atoms with van der Waals surface area (Å²) in [5, 5.41) is 11.8. The highest BCUT2D eigenvalue weighted by molar-refractivity contribution is 7.22. The summed E-state index contributed by atoms with van der Waals surface area (Å²) >= 11 is 1.47. The maximum Gasteiger partial charge on any atom is 0.270 e. The van der Waals surface area contributed by atoms with Gasteiger partial charge in [0.25, 0.3) is 11.6 Å². The molecule has 29 heavy (non-hydrogen) atoms. The number of aromatic nitrogens is 1. The lowest BCUT2D eigenvalue weighted by molar-refractivity contribution is -0.894. The number of thiazole rings is 1. The molecule has 0 bridgehead atoms. The summed E-state index contributed by atoms with van der Waals surface area (Å²) in [7, 11) is 0. The summed E-state index contributed by atoms with van der Waals surface area (Å²) < 4.78 is 1.02. The van der Waals surface area contributed by atoms with E-state index < -0.39 is 4.92 Å². The first kappa shape index (κ1) is 20.9. The molecule has 0 aliphatic carbocycles. The molecule has 3 rings (SSSR count). The zero-order valence-electron chi connectivity index (χ0n) is 16.8. The number of anilines is 1. The minimum absolute atomic E-state index is 0.0923. The van der Waals surface area contributed by atoms with Crippen LogP contribution >= 0.6 is 11.3 Å². The van der Waals surface area contributed by atoms with Gasteiger partial charge in [0, 0.05) is 17.7 Å². The first-order chi connectivity index (χ1) is 13.9. The molecular formula is C21H25N4O3S+. The Labute approximate surface area is 173 Å². The van der Waals surface area contributed by atoms with Crippen molar-refractivity contribution in [3.05, 3.63) is 63.7 Å². The highest BCUT2D eigenvalue weighted by Gasteiger charge is 2.24. The van der Waals surface area contributed by atoms with Crippen molar-refractivity contribution in [2.75, 3.05) is 31.1 Å². The average Bonchev–Trinajstić information content (AvgIpc) is 3.16. The minimum Gasteiger partial charge on any atom is -0.334 e. The van der Waals surface area contributed by atoms with Crippen molar-refractivity contribution in [2.45, 2.75) is 20.8 Å². The number of carbonyl (C=O) groups is 1. The van der Waals surface area contributed by atoms with Gasteiger partial charge >= 0.3 is 0 Å². The van der Waals surface area contributed by atoms with Crippen molar-refractivity contribution in [3.63, 3.8) is 0 Å². The van der Waals surface area contributed by atoms with Crippen LogP contribution in [0.1, 0.15) is 29.8 Å². The molecule has 8 heteroatoms. The fraction of sp³-hybridized carbons (Fsp3) is 0.333. The van der Waals surface area contributed by atoms with Gasteiger partial charge in [-0.1, -0.05) is 29.5 Å². The van der Waals surface area contributed by atoms with Crippen LogP contribution in [0.25, 0.3) is 10.2 Å². The van der Waals surface area contributed by atoms with Gasteiger partial charge in [-0.25, -0.2) is 4.98 Å². The molecule has 152 valence electrons. The highest BCUT2D eigenvalue weighted by Crippen LogP contribution is 2.31. The molecule has 1 amide bonds. The molecule has 0 spiro atoms. The van der Waals surface area contributed by atoms with Crippen molar-refractivity contribution in [1.82, 2.24) is 4.98 Å². The third-order valence-electron chi connectivity index (χ3n) is 5.08. The molecule has 0 radical (unpaired) electrons. The molecule has 1 N–H and O–H groups in total. The van der Waals surface area contributed by atoms with Crippen molar-refractivity contribution < 1.29 is 14.6 Å². The number of carbonyl (C=O) groups excluding carboxylic acids is 1. The van der Waals surface area contributed by atoms with Crippen LogP contribution in [0.4, 0.5) is 10.8 Å². The van der Waals surface area contributed by atoms with Crippen LogP contribution in [0.5, 0.6) is 0 Å². The SMILES string of the molecule is CC[NH+](CC)CCN(C(=O)c1cccc([N+](=O)[O-])c1)c1nc2c(C)cccc2s1. The first-order valence-electron chi connectivity index (χ1n) is 9.70. The van der Waals surface area contributed by atoms with Gasteiger partial charge in [-0.05, 0) is 38.5 Å². The molecule has 3 aromatic rings. The number of nitro groups is 1. The molecule has 0 aliphatic heterocycles. The van der Waals surface area contributed by atoms with E-state index in [1.54, 1.807) is 17.0 Å². The van der Waals surface area contributed by atoms with Crippen molar-refractivity contribution >= 4 is 38.3 Å². The maximum atomic E-state index is 13.3. The second-order valence-electron chi connectivity index (χ2n) is 6.89. The van der Waals surface area contributed by atoms with Crippen molar-refractivity contribution in [1.29, 1.82) is 0 Å². The molecule has 0 unspecified atom stereocenters. The van der Waals surface area contributed by atoms with Gasteiger partial charge in [-0.15, -0.1) is 0 Å². The number of rotatable bonds is 8. The van der Waals surface area contributed by atoms with Gasteiger partial charge in [0.15, 0.2) is 5.13 Å². The number of hydrogen-bond acceptors (Lipinski definition) is 5. The Kier molecular flexibility index (Phi) is 6.56. The van der Waals surface area contributed by atoms with E-state index in [1.807, 2.05) is 25.1 Å². The third-order valence-corrected chi connectivity index (χ3v) is 6.12. The number of fused-ring (bicyclic) bond motifs is 1. The summed E-state index contributed by atoms with van der Waals surface area (Å²) in [5.41, 5.74) is 2.15. The second-order valence-corrected chi connectivity index (χ2v) is 7.90. The molecular weight excluding hydrogens is 388 g/mol. The fourth-order valence-corrected chi connectivity index (χ4v) is 4.32. The monoisotopic (exact) mass is 413 g/mol. The summed E-state index contributed by atoms with van der Waals surface area (Å²) in [6, 6.07) is 11.9. The number of amides is 1. The van der Waals surface area contributed by atoms with Crippen LogP contribution in [0, 0.1) is 17.0 Å². The third kappa shape index (κ3) is 4.60. The smallest absolute Gasteiger partial charge is 0.270 e. The normalized spacial score (nSPS) is 11.2. The lowest BCUT2D eigenvalue weighted by Crippen LogP contribution is -3.12. The van der Waals surface area contributed by atoms with Gasteiger partial charge in [-0.3, -0.25) is 19.8 Å². The fourth-order valence-electron chi connectivity index (χ4n) is 3.26. The van der Waals surface area contributed by atoms with E-state index in [0.29, 0.717) is 17.2 Å². The van der Waals surface area contributed by atoms with Gasteiger partial charge in [0.1, 0.15) is 0 Å². The Balaban J connectivity index is 1.99. The van der Waals surface area contributed by atoms with Crippen molar-refractivity contribution in [3.8, 4) is 0 Å². The summed E-state index contributed by atoms with van der Waals surface area (Å²) in [6.45, 7) is 9.44. The van der Waals surface area contributed by atoms with Gasteiger partial charge < -0.3 is 4.90 Å². The number of quaternary nitrogens is 1. The van der Waals surface area contributed by atoms with E-state index in [4.69, 9.17) is 4.98 Å². The lowest BCUT2D eigenvalue weighted by atomic mass is 10.2. The zero-order chi connectivity index (χ0) is 21.0. The molecule has 7 nitrogen and oxygen atoms in total. The molecule has 0 fully saturated rings. The number of non-ortho nitro benzene ring substituents is 1. The number of benzene rings is 2. The van der Waals surface area contributed by atoms with E-state index >= 15 is 0 Å². The Hall–Kier alpha value is -2.84. The highest BCUT2D eigenvalue weighted by atomic mass is 32.1. The van der Waals surface area contributed by atoms with Crippen LogP contribution in [0.2, 0.25) is 0 Å². The predicted molar refractivity (Wildman–Crippen MR) is 116 cm³/mol. The number of nitrogens with one attached hydrogen (secondary N) is 1. The second kappa shape index (κ2) is 9.11.